The number of halogens is 1. The van der Waals surface area contributed by atoms with Crippen LogP contribution in [0.5, 0.6) is 0 Å². The van der Waals surface area contributed by atoms with Crippen molar-refractivity contribution in [1.82, 2.24) is 0 Å². The molecular formula is C22H22BrO3P. The number of rotatable bonds is 7. The Morgan fingerprint density at radius 1 is 0.741 bits per heavy atom. The van der Waals surface area contributed by atoms with Gasteiger partial charge in [0.25, 0.3) is 5.79 Å². The van der Waals surface area contributed by atoms with Crippen LogP contribution in [0, 0.1) is 0 Å². The first-order chi connectivity index (χ1) is 12.8. The molecule has 3 aromatic rings. The molecule has 0 N–H and O–H groups in total. The third kappa shape index (κ3) is 4.36. The smallest absolute Gasteiger partial charge is 0.253 e. The first-order valence-corrected chi connectivity index (χ1v) is 9.66. The third-order valence-corrected chi connectivity index (χ3v) is 6.81. The highest BCUT2D eigenvalue weighted by molar-refractivity contribution is 8.93. The number of hydrogen-bond acceptors (Lipinski definition) is 3. The fraction of sp³-hybridized carbons (Fsp3) is 0.136. The SMILES string of the molecule is Br.COC(C=O)(OC)c1ccccc1P(c1ccccc1)c1ccccc1. The molecule has 140 valence electrons. The van der Waals surface area contributed by atoms with Crippen molar-refractivity contribution in [2.75, 3.05) is 14.2 Å². The standard InChI is InChI=1S/C22H21O3P.BrH/c1-24-22(17-23,25-2)20-15-9-10-16-21(20)26(18-11-5-3-6-12-18)19-13-7-4-8-14-19;/h3-17H,1-2H3;1H. The minimum Gasteiger partial charge on any atom is -0.344 e. The van der Waals surface area contributed by atoms with Crippen molar-refractivity contribution in [3.05, 3.63) is 90.5 Å². The summed E-state index contributed by atoms with van der Waals surface area (Å²) in [6, 6.07) is 28.5. The lowest BCUT2D eigenvalue weighted by atomic mass is 10.1. The van der Waals surface area contributed by atoms with Crippen molar-refractivity contribution in [3.8, 4) is 0 Å². The molecule has 0 saturated heterocycles. The monoisotopic (exact) mass is 444 g/mol. The number of hydrogen-bond donors (Lipinski definition) is 0. The zero-order chi connectivity index (χ0) is 18.4. The lowest BCUT2D eigenvalue weighted by Crippen LogP contribution is -2.38. The van der Waals surface area contributed by atoms with Gasteiger partial charge >= 0.3 is 0 Å². The van der Waals surface area contributed by atoms with Gasteiger partial charge in [-0.3, -0.25) is 4.79 Å². The van der Waals surface area contributed by atoms with Gasteiger partial charge in [-0.1, -0.05) is 84.9 Å². The van der Waals surface area contributed by atoms with E-state index in [9.17, 15) is 4.79 Å². The maximum atomic E-state index is 11.9. The van der Waals surface area contributed by atoms with Gasteiger partial charge < -0.3 is 9.47 Å². The second kappa shape index (κ2) is 9.91. The van der Waals surface area contributed by atoms with Crippen LogP contribution >= 0.6 is 24.9 Å². The van der Waals surface area contributed by atoms with E-state index < -0.39 is 13.7 Å². The summed E-state index contributed by atoms with van der Waals surface area (Å²) in [6.07, 6.45) is 0.718. The van der Waals surface area contributed by atoms with Gasteiger partial charge in [0.1, 0.15) is 0 Å². The second-order valence-corrected chi connectivity index (χ2v) is 7.90. The van der Waals surface area contributed by atoms with Gasteiger partial charge in [0.15, 0.2) is 6.29 Å². The van der Waals surface area contributed by atoms with Crippen molar-refractivity contribution in [2.24, 2.45) is 0 Å². The van der Waals surface area contributed by atoms with Crippen molar-refractivity contribution >= 4 is 47.1 Å². The van der Waals surface area contributed by atoms with Crippen LogP contribution < -0.4 is 15.9 Å². The largest absolute Gasteiger partial charge is 0.344 e. The summed E-state index contributed by atoms with van der Waals surface area (Å²) in [5.74, 6) is -1.42. The quantitative estimate of drug-likeness (QED) is 0.317. The molecule has 5 heteroatoms. The zero-order valence-corrected chi connectivity index (χ0v) is 17.8. The summed E-state index contributed by atoms with van der Waals surface area (Å²) in [7, 11) is 2.11. The molecule has 0 amide bonds. The van der Waals surface area contributed by atoms with Crippen molar-refractivity contribution in [1.29, 1.82) is 0 Å². The van der Waals surface area contributed by atoms with Crippen LogP contribution in [0.1, 0.15) is 5.56 Å². The predicted octanol–water partition coefficient (Wildman–Crippen LogP) is 3.67. The Kier molecular flexibility index (Phi) is 7.88. The molecule has 0 aromatic heterocycles. The lowest BCUT2D eigenvalue weighted by Gasteiger charge is -2.30. The Bertz CT molecular complexity index is 812. The van der Waals surface area contributed by atoms with Gasteiger partial charge in [-0.15, -0.1) is 17.0 Å². The first-order valence-electron chi connectivity index (χ1n) is 8.32. The molecule has 0 heterocycles. The number of benzene rings is 3. The minimum absolute atomic E-state index is 0. The fourth-order valence-corrected chi connectivity index (χ4v) is 5.51. The average Bonchev–Trinajstić information content (AvgIpc) is 2.73. The lowest BCUT2D eigenvalue weighted by molar-refractivity contribution is -0.201. The van der Waals surface area contributed by atoms with Gasteiger partial charge in [-0.05, 0) is 23.8 Å². The normalized spacial score (nSPS) is 11.1. The molecule has 3 rings (SSSR count). The zero-order valence-electron chi connectivity index (χ0n) is 15.2. The van der Waals surface area contributed by atoms with Crippen LogP contribution in [0.4, 0.5) is 0 Å². The van der Waals surface area contributed by atoms with Crippen LogP contribution in [0.15, 0.2) is 84.9 Å². The van der Waals surface area contributed by atoms with E-state index in [2.05, 4.69) is 30.3 Å². The van der Waals surface area contributed by atoms with Crippen LogP contribution in [0.3, 0.4) is 0 Å². The number of aldehydes is 1. The van der Waals surface area contributed by atoms with Gasteiger partial charge in [0.05, 0.1) is 0 Å². The molecule has 0 saturated carbocycles. The molecule has 27 heavy (non-hydrogen) atoms. The third-order valence-electron chi connectivity index (χ3n) is 4.31. The molecule has 0 bridgehead atoms. The van der Waals surface area contributed by atoms with E-state index in [-0.39, 0.29) is 17.0 Å². The van der Waals surface area contributed by atoms with E-state index >= 15 is 0 Å². The van der Waals surface area contributed by atoms with Crippen LogP contribution in [-0.2, 0) is 20.1 Å². The average molecular weight is 445 g/mol. The summed E-state index contributed by atoms with van der Waals surface area (Å²) < 4.78 is 11.0. The van der Waals surface area contributed by atoms with Crippen LogP contribution in [-0.4, -0.2) is 20.5 Å². The van der Waals surface area contributed by atoms with Crippen molar-refractivity contribution in [2.45, 2.75) is 5.79 Å². The highest BCUT2D eigenvalue weighted by Crippen LogP contribution is 2.37. The number of methoxy groups -OCH3 is 2. The molecule has 0 aliphatic heterocycles. The Balaban J connectivity index is 0.00000261. The number of carbonyl (C=O) groups excluding carboxylic acids is 1. The second-order valence-electron chi connectivity index (χ2n) is 5.72. The van der Waals surface area contributed by atoms with E-state index in [0.29, 0.717) is 0 Å². The van der Waals surface area contributed by atoms with Gasteiger partial charge in [-0.25, -0.2) is 0 Å². The summed E-state index contributed by atoms with van der Waals surface area (Å²) in [5.41, 5.74) is 0.735. The number of carbonyl (C=O) groups is 1. The maximum absolute atomic E-state index is 11.9. The molecule has 3 aromatic carbocycles. The molecule has 0 aliphatic rings. The highest BCUT2D eigenvalue weighted by Gasteiger charge is 2.36. The van der Waals surface area contributed by atoms with Gasteiger partial charge in [0.2, 0.25) is 0 Å². The maximum Gasteiger partial charge on any atom is 0.253 e. The molecule has 0 fully saturated rings. The van der Waals surface area contributed by atoms with E-state index in [1.54, 1.807) is 0 Å². The minimum atomic E-state index is -1.42. The molecule has 0 spiro atoms. The van der Waals surface area contributed by atoms with Gasteiger partial charge in [-0.2, -0.15) is 0 Å². The van der Waals surface area contributed by atoms with E-state index in [0.717, 1.165) is 17.2 Å². The fourth-order valence-electron chi connectivity index (χ4n) is 3.01. The van der Waals surface area contributed by atoms with E-state index in [1.165, 1.54) is 24.8 Å². The first kappa shape index (κ1) is 21.5. The van der Waals surface area contributed by atoms with Gasteiger partial charge in [0, 0.05) is 19.8 Å². The predicted molar refractivity (Wildman–Crippen MR) is 117 cm³/mol. The summed E-state index contributed by atoms with van der Waals surface area (Å²) in [6.45, 7) is 0. The van der Waals surface area contributed by atoms with E-state index in [4.69, 9.17) is 9.47 Å². The molecule has 0 radical (unpaired) electrons. The Morgan fingerprint density at radius 3 is 1.63 bits per heavy atom. The molecular weight excluding hydrogens is 423 g/mol. The van der Waals surface area contributed by atoms with Crippen LogP contribution in [0.25, 0.3) is 0 Å². The molecule has 3 nitrogen and oxygen atoms in total. The molecule has 0 unspecified atom stereocenters. The Labute approximate surface area is 171 Å². The van der Waals surface area contributed by atoms with Crippen molar-refractivity contribution in [3.63, 3.8) is 0 Å². The summed E-state index contributed by atoms with van der Waals surface area (Å²) >= 11 is 0. The number of ether oxygens (including phenoxy) is 2. The summed E-state index contributed by atoms with van der Waals surface area (Å²) in [4.78, 5) is 11.9. The Hall–Kier alpha value is -1.84. The Morgan fingerprint density at radius 2 is 1.19 bits per heavy atom. The highest BCUT2D eigenvalue weighted by atomic mass is 79.9. The molecule has 0 aliphatic carbocycles. The van der Waals surface area contributed by atoms with Crippen molar-refractivity contribution < 1.29 is 14.3 Å². The van der Waals surface area contributed by atoms with Crippen LogP contribution in [0.2, 0.25) is 0 Å². The molecule has 0 atom stereocenters. The topological polar surface area (TPSA) is 35.5 Å². The van der Waals surface area contributed by atoms with E-state index in [1.807, 2.05) is 54.6 Å². The summed E-state index contributed by atoms with van der Waals surface area (Å²) in [5, 5.41) is 3.44.